The Morgan fingerprint density at radius 1 is 0.833 bits per heavy atom. The molecule has 2 aliphatic heterocycles. The van der Waals surface area contributed by atoms with Gasteiger partial charge in [0.05, 0.1) is 38.6 Å². The van der Waals surface area contributed by atoms with E-state index in [0.717, 1.165) is 12.8 Å². The Kier molecular flexibility index (Phi) is 5.30. The van der Waals surface area contributed by atoms with Gasteiger partial charge < -0.3 is 18.9 Å². The molecule has 4 nitrogen and oxygen atoms in total. The van der Waals surface area contributed by atoms with Gasteiger partial charge in [-0.3, -0.25) is 0 Å². The lowest BCUT2D eigenvalue weighted by Gasteiger charge is -2.47. The maximum absolute atomic E-state index is 6.15. The molecule has 2 aliphatic rings. The molecular weight excluding hydrogens is 304 g/mol. The molecule has 24 heavy (non-hydrogen) atoms. The van der Waals surface area contributed by atoms with Crippen LogP contribution in [0.5, 0.6) is 0 Å². The van der Waals surface area contributed by atoms with Crippen molar-refractivity contribution in [2.75, 3.05) is 13.2 Å². The zero-order chi connectivity index (χ0) is 17.2. The normalized spacial score (nSPS) is 35.3. The van der Waals surface area contributed by atoms with E-state index >= 15 is 0 Å². The van der Waals surface area contributed by atoms with Crippen molar-refractivity contribution in [3.05, 3.63) is 35.4 Å². The van der Waals surface area contributed by atoms with E-state index < -0.39 is 0 Å². The van der Waals surface area contributed by atoms with Gasteiger partial charge in [-0.25, -0.2) is 0 Å². The number of ether oxygens (including phenoxy) is 4. The standard InChI is InChI=1S/C20H30O4/c1-5-19(13-21-15(19)3)23-11-17-7-9-18(10-8-17)12-24-20(6-2)14-22-16(20)4/h7-10,15-16H,5-6,11-14H2,1-4H3. The monoisotopic (exact) mass is 334 g/mol. The molecule has 2 fully saturated rings. The van der Waals surface area contributed by atoms with Crippen molar-refractivity contribution in [2.24, 2.45) is 0 Å². The van der Waals surface area contributed by atoms with Crippen LogP contribution in [0.25, 0.3) is 0 Å². The summed E-state index contributed by atoms with van der Waals surface area (Å²) in [5, 5.41) is 0. The van der Waals surface area contributed by atoms with Crippen molar-refractivity contribution < 1.29 is 18.9 Å². The second-order valence-corrected chi connectivity index (χ2v) is 7.14. The molecule has 0 spiro atoms. The topological polar surface area (TPSA) is 36.9 Å². The summed E-state index contributed by atoms with van der Waals surface area (Å²) in [5.74, 6) is 0. The van der Waals surface area contributed by atoms with Gasteiger partial charge in [0.25, 0.3) is 0 Å². The number of hydrogen-bond acceptors (Lipinski definition) is 4. The average molecular weight is 334 g/mol. The number of benzene rings is 1. The Balaban J connectivity index is 1.50. The van der Waals surface area contributed by atoms with Gasteiger partial charge in [-0.1, -0.05) is 38.1 Å². The third kappa shape index (κ3) is 3.25. The van der Waals surface area contributed by atoms with Crippen molar-refractivity contribution in [3.8, 4) is 0 Å². The predicted octanol–water partition coefficient (Wildman–Crippen LogP) is 3.85. The second kappa shape index (κ2) is 7.12. The lowest BCUT2D eigenvalue weighted by Crippen LogP contribution is -2.58. The molecule has 0 amide bonds. The van der Waals surface area contributed by atoms with Crippen LogP contribution >= 0.6 is 0 Å². The molecule has 4 heteroatoms. The van der Waals surface area contributed by atoms with Crippen molar-refractivity contribution in [3.63, 3.8) is 0 Å². The van der Waals surface area contributed by atoms with E-state index in [2.05, 4.69) is 52.0 Å². The fourth-order valence-electron chi connectivity index (χ4n) is 3.36. The molecule has 0 bridgehead atoms. The molecule has 4 atom stereocenters. The fraction of sp³-hybridized carbons (Fsp3) is 0.700. The van der Waals surface area contributed by atoms with E-state index in [0.29, 0.717) is 26.4 Å². The van der Waals surface area contributed by atoms with E-state index in [1.54, 1.807) is 0 Å². The second-order valence-electron chi connectivity index (χ2n) is 7.14. The van der Waals surface area contributed by atoms with E-state index in [9.17, 15) is 0 Å². The molecule has 0 aliphatic carbocycles. The lowest BCUT2D eigenvalue weighted by molar-refractivity contribution is -0.260. The highest BCUT2D eigenvalue weighted by Crippen LogP contribution is 2.34. The Hall–Kier alpha value is -0.940. The minimum Gasteiger partial charge on any atom is -0.372 e. The van der Waals surface area contributed by atoms with Crippen molar-refractivity contribution in [1.29, 1.82) is 0 Å². The summed E-state index contributed by atoms with van der Waals surface area (Å²) >= 11 is 0. The maximum Gasteiger partial charge on any atom is 0.117 e. The highest BCUT2D eigenvalue weighted by molar-refractivity contribution is 5.22. The van der Waals surface area contributed by atoms with Crippen LogP contribution in [0.3, 0.4) is 0 Å². The first-order valence-electron chi connectivity index (χ1n) is 9.12. The number of hydrogen-bond donors (Lipinski definition) is 0. The van der Waals surface area contributed by atoms with Crippen LogP contribution in [0.2, 0.25) is 0 Å². The first-order valence-corrected chi connectivity index (χ1v) is 9.12. The van der Waals surface area contributed by atoms with Gasteiger partial charge in [0.1, 0.15) is 11.2 Å². The van der Waals surface area contributed by atoms with Gasteiger partial charge in [0.2, 0.25) is 0 Å². The van der Waals surface area contributed by atoms with Crippen LogP contribution < -0.4 is 0 Å². The van der Waals surface area contributed by atoms with Crippen LogP contribution in [0.1, 0.15) is 51.7 Å². The summed E-state index contributed by atoms with van der Waals surface area (Å²) in [6, 6.07) is 8.52. The van der Waals surface area contributed by atoms with Crippen LogP contribution in [-0.4, -0.2) is 36.6 Å². The molecule has 2 heterocycles. The molecule has 1 aromatic rings. The van der Waals surface area contributed by atoms with E-state index in [1.165, 1.54) is 11.1 Å². The van der Waals surface area contributed by atoms with Crippen LogP contribution in [-0.2, 0) is 32.2 Å². The molecule has 0 N–H and O–H groups in total. The third-order valence-electron chi connectivity index (χ3n) is 5.91. The molecule has 0 saturated carbocycles. The van der Waals surface area contributed by atoms with Crippen LogP contribution in [0.15, 0.2) is 24.3 Å². The minimum absolute atomic E-state index is 0.102. The van der Waals surface area contributed by atoms with Crippen molar-refractivity contribution in [2.45, 2.75) is 77.2 Å². The first kappa shape index (κ1) is 17.9. The molecule has 3 rings (SSSR count). The van der Waals surface area contributed by atoms with E-state index in [1.807, 2.05) is 0 Å². The quantitative estimate of drug-likeness (QED) is 0.723. The molecule has 0 aromatic heterocycles. The lowest BCUT2D eigenvalue weighted by atomic mass is 9.90. The third-order valence-corrected chi connectivity index (χ3v) is 5.91. The van der Waals surface area contributed by atoms with Gasteiger partial charge >= 0.3 is 0 Å². The van der Waals surface area contributed by atoms with Gasteiger partial charge in [0, 0.05) is 0 Å². The van der Waals surface area contributed by atoms with E-state index in [4.69, 9.17) is 18.9 Å². The summed E-state index contributed by atoms with van der Waals surface area (Å²) < 4.78 is 23.3. The molecular formula is C20H30O4. The SMILES string of the molecule is CCC1(OCc2ccc(COC3(CC)COC3C)cc2)COC1C. The summed E-state index contributed by atoms with van der Waals surface area (Å²) in [5.41, 5.74) is 2.18. The highest BCUT2D eigenvalue weighted by atomic mass is 16.6. The molecule has 1 aromatic carbocycles. The van der Waals surface area contributed by atoms with Crippen molar-refractivity contribution in [1.82, 2.24) is 0 Å². The van der Waals surface area contributed by atoms with Crippen LogP contribution in [0.4, 0.5) is 0 Å². The zero-order valence-electron chi connectivity index (χ0n) is 15.3. The molecule has 0 radical (unpaired) electrons. The van der Waals surface area contributed by atoms with Gasteiger partial charge in [0.15, 0.2) is 0 Å². The molecule has 2 saturated heterocycles. The number of rotatable bonds is 8. The predicted molar refractivity (Wildman–Crippen MR) is 92.9 cm³/mol. The fourth-order valence-corrected chi connectivity index (χ4v) is 3.36. The smallest absolute Gasteiger partial charge is 0.117 e. The summed E-state index contributed by atoms with van der Waals surface area (Å²) in [6.07, 6.45) is 2.35. The minimum atomic E-state index is -0.102. The zero-order valence-corrected chi connectivity index (χ0v) is 15.3. The van der Waals surface area contributed by atoms with Gasteiger partial charge in [-0.2, -0.15) is 0 Å². The Bertz CT molecular complexity index is 486. The van der Waals surface area contributed by atoms with Gasteiger partial charge in [-0.15, -0.1) is 0 Å². The summed E-state index contributed by atoms with van der Waals surface area (Å²) in [6.45, 7) is 11.2. The maximum atomic E-state index is 6.15. The summed E-state index contributed by atoms with van der Waals surface area (Å²) in [4.78, 5) is 0. The molecule has 4 unspecified atom stereocenters. The van der Waals surface area contributed by atoms with E-state index in [-0.39, 0.29) is 23.4 Å². The Morgan fingerprint density at radius 2 is 1.21 bits per heavy atom. The Labute approximate surface area is 145 Å². The molecule has 134 valence electrons. The summed E-state index contributed by atoms with van der Waals surface area (Å²) in [7, 11) is 0. The van der Waals surface area contributed by atoms with Gasteiger partial charge in [-0.05, 0) is 37.8 Å². The highest BCUT2D eigenvalue weighted by Gasteiger charge is 2.46. The van der Waals surface area contributed by atoms with Crippen LogP contribution in [0, 0.1) is 0 Å². The van der Waals surface area contributed by atoms with Crippen molar-refractivity contribution >= 4 is 0 Å². The first-order chi connectivity index (χ1) is 11.5. The average Bonchev–Trinajstić information content (AvgIpc) is 2.61. The Morgan fingerprint density at radius 3 is 1.42 bits per heavy atom. The largest absolute Gasteiger partial charge is 0.372 e.